The zero-order chi connectivity index (χ0) is 23.1. The lowest BCUT2D eigenvalue weighted by molar-refractivity contribution is 0.0995. The van der Waals surface area contributed by atoms with Crippen LogP contribution in [-0.4, -0.2) is 11.8 Å². The molecular weight excluding hydrogens is 443 g/mol. The Morgan fingerprint density at radius 1 is 1.00 bits per heavy atom. The fourth-order valence-corrected chi connectivity index (χ4v) is 4.08. The Labute approximate surface area is 194 Å². The van der Waals surface area contributed by atoms with Crippen molar-refractivity contribution in [1.82, 2.24) is 5.43 Å². The molecule has 2 amide bonds. The molecule has 2 N–H and O–H groups in total. The Kier molecular flexibility index (Phi) is 5.11. The summed E-state index contributed by atoms with van der Waals surface area (Å²) in [5.74, 6) is -1.26. The van der Waals surface area contributed by atoms with Gasteiger partial charge >= 0.3 is 0 Å². The van der Waals surface area contributed by atoms with E-state index in [1.54, 1.807) is 42.4 Å². The third-order valence-corrected chi connectivity index (χ3v) is 5.79. The number of allylic oxidation sites excluding steroid dienone is 1. The van der Waals surface area contributed by atoms with Crippen LogP contribution in [0.15, 0.2) is 84.8 Å². The molecule has 0 saturated heterocycles. The number of hydrogen-bond acceptors (Lipinski definition) is 4. The average Bonchev–Trinajstić information content (AvgIpc) is 3.29. The van der Waals surface area contributed by atoms with Gasteiger partial charge in [-0.2, -0.15) is 0 Å². The van der Waals surface area contributed by atoms with Crippen LogP contribution in [0.25, 0.3) is 0 Å². The van der Waals surface area contributed by atoms with Gasteiger partial charge in [0.2, 0.25) is 0 Å². The van der Waals surface area contributed by atoms with Crippen LogP contribution in [0.1, 0.15) is 26.3 Å². The number of para-hydroxylation sites is 2. The predicted molar refractivity (Wildman–Crippen MR) is 127 cm³/mol. The second-order valence-electron chi connectivity index (χ2n) is 7.62. The number of benzene rings is 3. The lowest BCUT2D eigenvalue weighted by atomic mass is 10.1. The minimum atomic E-state index is -0.494. The van der Waals surface area contributed by atoms with Gasteiger partial charge in [-0.3, -0.25) is 19.5 Å². The van der Waals surface area contributed by atoms with Crippen LogP contribution in [0, 0.1) is 12.7 Å². The molecule has 3 aromatic rings. The minimum absolute atomic E-state index is 0.187. The fraction of sp³-hybridized carbons (Fsp3) is 0.0400. The topological polar surface area (TPSA) is 64.7 Å². The number of amides is 2. The van der Waals surface area contributed by atoms with Gasteiger partial charge in [0.25, 0.3) is 11.8 Å². The van der Waals surface area contributed by atoms with Gasteiger partial charge in [-0.05, 0) is 61.0 Å². The molecule has 0 saturated carbocycles. The lowest BCUT2D eigenvalue weighted by Gasteiger charge is -2.33. The van der Waals surface area contributed by atoms with Gasteiger partial charge < -0.3 is 10.7 Å². The molecule has 0 atom stereocenters. The van der Waals surface area contributed by atoms with Gasteiger partial charge in [-0.25, -0.2) is 4.39 Å². The normalized spacial score (nSPS) is 13.7. The first-order valence-corrected chi connectivity index (χ1v) is 10.5. The van der Waals surface area contributed by atoms with E-state index < -0.39 is 11.7 Å². The van der Waals surface area contributed by atoms with Crippen molar-refractivity contribution in [3.8, 4) is 0 Å². The number of halogens is 2. The van der Waals surface area contributed by atoms with Crippen molar-refractivity contribution < 1.29 is 14.0 Å². The number of fused-ring (bicyclic) bond motifs is 3. The summed E-state index contributed by atoms with van der Waals surface area (Å²) in [4.78, 5) is 27.6. The first kappa shape index (κ1) is 20.8. The van der Waals surface area contributed by atoms with E-state index in [0.29, 0.717) is 16.9 Å². The number of carbonyl (C=O) groups is 2. The van der Waals surface area contributed by atoms with Gasteiger partial charge in [0.05, 0.1) is 27.7 Å². The summed E-state index contributed by atoms with van der Waals surface area (Å²) in [5, 5.41) is 4.78. The monoisotopic (exact) mass is 460 g/mol. The number of anilines is 3. The summed E-state index contributed by atoms with van der Waals surface area (Å²) in [6.07, 6.45) is 5.39. The average molecular weight is 461 g/mol. The highest BCUT2D eigenvalue weighted by molar-refractivity contribution is 6.35. The van der Waals surface area contributed by atoms with Crippen molar-refractivity contribution in [2.45, 2.75) is 6.92 Å². The summed E-state index contributed by atoms with van der Waals surface area (Å²) in [5.41, 5.74) is 7.04. The molecule has 0 aliphatic carbocycles. The highest BCUT2D eigenvalue weighted by Gasteiger charge is 2.30. The smallest absolute Gasteiger partial charge is 0.263 e. The Hall–Kier alpha value is -4.10. The Morgan fingerprint density at radius 3 is 2.58 bits per heavy atom. The summed E-state index contributed by atoms with van der Waals surface area (Å²) < 4.78 is 13.6. The molecule has 0 aromatic heterocycles. The Morgan fingerprint density at radius 2 is 1.79 bits per heavy atom. The quantitative estimate of drug-likeness (QED) is 0.550. The van der Waals surface area contributed by atoms with Gasteiger partial charge in [0, 0.05) is 23.7 Å². The highest BCUT2D eigenvalue weighted by atomic mass is 35.5. The minimum Gasteiger partial charge on any atom is -0.322 e. The van der Waals surface area contributed by atoms with Gasteiger partial charge in [-0.15, -0.1) is 0 Å². The first-order chi connectivity index (χ1) is 15.9. The van der Waals surface area contributed by atoms with E-state index in [4.69, 9.17) is 11.6 Å². The molecular formula is C25H18ClFN4O2. The molecule has 3 aromatic carbocycles. The maximum absolute atomic E-state index is 13.6. The SMILES string of the molecule is Cc1ccc(F)cc1C(=O)Nc1ccc(C(=O)N2C=C3C=CNN3c3ccccc32)c(Cl)c1. The Bertz CT molecular complexity index is 1370. The van der Waals surface area contributed by atoms with Crippen LogP contribution < -0.4 is 20.7 Å². The molecule has 6 nitrogen and oxygen atoms in total. The second-order valence-corrected chi connectivity index (χ2v) is 8.03. The lowest BCUT2D eigenvalue weighted by Crippen LogP contribution is -2.37. The van der Waals surface area contributed by atoms with Crippen molar-refractivity contribution in [2.24, 2.45) is 0 Å². The number of aryl methyl sites for hydroxylation is 1. The molecule has 0 radical (unpaired) electrons. The number of nitrogens with zero attached hydrogens (tertiary/aromatic N) is 2. The molecule has 0 bridgehead atoms. The standard InChI is InChI=1S/C25H18ClFN4O2/c1-15-6-7-16(27)12-20(15)24(32)29-17-8-9-19(21(26)13-17)25(33)30-14-18-10-11-28-31(18)23-5-3-2-4-22(23)30/h2-14,28H,1H3,(H,29,32). The van der Waals surface area contributed by atoms with Gasteiger partial charge in [0.15, 0.2) is 0 Å². The second kappa shape index (κ2) is 8.11. The third-order valence-electron chi connectivity index (χ3n) is 5.48. The van der Waals surface area contributed by atoms with Gasteiger partial charge in [0.1, 0.15) is 5.82 Å². The van der Waals surface area contributed by atoms with Crippen molar-refractivity contribution in [2.75, 3.05) is 15.2 Å². The van der Waals surface area contributed by atoms with Crippen molar-refractivity contribution >= 4 is 40.5 Å². The molecule has 164 valence electrons. The summed E-state index contributed by atoms with van der Waals surface area (Å²) in [6.45, 7) is 1.73. The van der Waals surface area contributed by atoms with Crippen LogP contribution in [0.3, 0.4) is 0 Å². The molecule has 0 fully saturated rings. The van der Waals surface area contributed by atoms with E-state index in [9.17, 15) is 14.0 Å². The van der Waals surface area contributed by atoms with E-state index in [-0.39, 0.29) is 22.1 Å². The molecule has 8 heteroatoms. The van der Waals surface area contributed by atoms with E-state index in [1.165, 1.54) is 18.2 Å². The molecule has 33 heavy (non-hydrogen) atoms. The zero-order valence-electron chi connectivity index (χ0n) is 17.5. The summed E-state index contributed by atoms with van der Waals surface area (Å²) in [6, 6.07) is 16.2. The summed E-state index contributed by atoms with van der Waals surface area (Å²) in [7, 11) is 0. The van der Waals surface area contributed by atoms with Crippen LogP contribution in [-0.2, 0) is 0 Å². The number of rotatable bonds is 3. The van der Waals surface area contributed by atoms with Crippen LogP contribution >= 0.6 is 11.6 Å². The first-order valence-electron chi connectivity index (χ1n) is 10.2. The van der Waals surface area contributed by atoms with E-state index in [2.05, 4.69) is 10.7 Å². The van der Waals surface area contributed by atoms with Crippen LogP contribution in [0.5, 0.6) is 0 Å². The number of hydrazine groups is 1. The maximum atomic E-state index is 13.6. The van der Waals surface area contributed by atoms with Crippen molar-refractivity contribution in [3.05, 3.63) is 112 Å². The maximum Gasteiger partial charge on any atom is 0.263 e. The zero-order valence-corrected chi connectivity index (χ0v) is 18.2. The van der Waals surface area contributed by atoms with E-state index in [1.807, 2.05) is 35.4 Å². The van der Waals surface area contributed by atoms with E-state index >= 15 is 0 Å². The van der Waals surface area contributed by atoms with Crippen LogP contribution in [0.2, 0.25) is 5.02 Å². The van der Waals surface area contributed by atoms with Crippen molar-refractivity contribution in [1.29, 1.82) is 0 Å². The molecule has 2 aliphatic rings. The largest absolute Gasteiger partial charge is 0.322 e. The number of carbonyl (C=O) groups excluding carboxylic acids is 2. The number of nitrogens with one attached hydrogen (secondary N) is 2. The predicted octanol–water partition coefficient (Wildman–Crippen LogP) is 5.38. The molecule has 0 spiro atoms. The molecule has 0 unspecified atom stereocenters. The molecule has 2 heterocycles. The Balaban J connectivity index is 1.42. The van der Waals surface area contributed by atoms with E-state index in [0.717, 1.165) is 11.4 Å². The highest BCUT2D eigenvalue weighted by Crippen LogP contribution is 2.38. The third kappa shape index (κ3) is 3.72. The summed E-state index contributed by atoms with van der Waals surface area (Å²) >= 11 is 6.45. The molecule has 2 aliphatic heterocycles. The van der Waals surface area contributed by atoms with Crippen molar-refractivity contribution in [3.63, 3.8) is 0 Å². The van der Waals surface area contributed by atoms with Gasteiger partial charge in [-0.1, -0.05) is 29.8 Å². The number of hydrogen-bond donors (Lipinski definition) is 2. The molecule has 5 rings (SSSR count). The van der Waals surface area contributed by atoms with Crippen LogP contribution in [0.4, 0.5) is 21.5 Å². The fourth-order valence-electron chi connectivity index (χ4n) is 3.82.